The first-order chi connectivity index (χ1) is 13.1. The highest BCUT2D eigenvalue weighted by atomic mass is 16.5. The largest absolute Gasteiger partial charge is 0.493 e. The molecule has 1 saturated carbocycles. The average molecular weight is 364 g/mol. The van der Waals surface area contributed by atoms with Gasteiger partial charge < -0.3 is 9.84 Å². The van der Waals surface area contributed by atoms with Gasteiger partial charge in [-0.05, 0) is 54.9 Å². The molecule has 27 heavy (non-hydrogen) atoms. The summed E-state index contributed by atoms with van der Waals surface area (Å²) in [7, 11) is 0. The zero-order chi connectivity index (χ0) is 18.9. The van der Waals surface area contributed by atoms with Crippen LogP contribution in [0.5, 0.6) is 5.75 Å². The van der Waals surface area contributed by atoms with Crippen LogP contribution in [-0.4, -0.2) is 17.7 Å². The van der Waals surface area contributed by atoms with Crippen LogP contribution in [0.2, 0.25) is 0 Å². The summed E-state index contributed by atoms with van der Waals surface area (Å²) in [5.74, 6) is 0.898. The molecule has 4 rings (SSSR count). The molecule has 1 fully saturated rings. The molecule has 3 atom stereocenters. The number of rotatable bonds is 5. The second kappa shape index (κ2) is 7.38. The highest BCUT2D eigenvalue weighted by Gasteiger charge is 2.48. The van der Waals surface area contributed by atoms with E-state index in [4.69, 9.17) is 4.74 Å². The van der Waals surface area contributed by atoms with Gasteiger partial charge in [0.05, 0.1) is 12.0 Å². The van der Waals surface area contributed by atoms with Gasteiger partial charge in [0.25, 0.3) is 0 Å². The zero-order valence-corrected chi connectivity index (χ0v) is 16.0. The Bertz CT molecular complexity index is 814. The van der Waals surface area contributed by atoms with Gasteiger partial charge in [-0.3, -0.25) is 4.79 Å². The summed E-state index contributed by atoms with van der Waals surface area (Å²) in [4.78, 5) is 12.0. The van der Waals surface area contributed by atoms with Crippen LogP contribution in [0.1, 0.15) is 55.2 Å². The Morgan fingerprint density at radius 1 is 1.22 bits per heavy atom. The van der Waals surface area contributed by atoms with E-state index in [1.807, 2.05) is 13.0 Å². The van der Waals surface area contributed by atoms with Crippen LogP contribution in [-0.2, 0) is 17.6 Å². The Balaban J connectivity index is 1.53. The molecule has 1 heterocycles. The van der Waals surface area contributed by atoms with Crippen molar-refractivity contribution in [2.75, 3.05) is 6.61 Å². The minimum atomic E-state index is -0.644. The van der Waals surface area contributed by atoms with Gasteiger partial charge in [0, 0.05) is 11.8 Å². The number of fused-ring (bicyclic) bond motifs is 1. The third-order valence-electron chi connectivity index (χ3n) is 6.68. The van der Waals surface area contributed by atoms with E-state index in [0.29, 0.717) is 12.3 Å². The molecule has 1 aliphatic heterocycles. The molecule has 3 unspecified atom stereocenters. The standard InChI is InChI=1S/C24H28O3/c1-2-24(23(25)26)12-6-9-21(24)19-10-11-20-14-18(16-27-22(20)15-19)13-17-7-4-3-5-8-17/h3-5,7-8,10-11,15,18,21H,2,6,9,12-14,16H2,1H3,(H,25,26). The summed E-state index contributed by atoms with van der Waals surface area (Å²) >= 11 is 0. The lowest BCUT2D eigenvalue weighted by Gasteiger charge is -2.32. The number of hydrogen-bond donors (Lipinski definition) is 1. The van der Waals surface area contributed by atoms with E-state index in [1.165, 1.54) is 11.1 Å². The zero-order valence-electron chi connectivity index (χ0n) is 16.0. The highest BCUT2D eigenvalue weighted by molar-refractivity contribution is 5.76. The van der Waals surface area contributed by atoms with E-state index in [9.17, 15) is 9.90 Å². The number of aliphatic carboxylic acids is 1. The first kappa shape index (κ1) is 18.1. The minimum absolute atomic E-state index is 0.0935. The van der Waals surface area contributed by atoms with Crippen LogP contribution in [0.15, 0.2) is 48.5 Å². The molecule has 3 heteroatoms. The van der Waals surface area contributed by atoms with Crippen molar-refractivity contribution in [2.45, 2.75) is 51.4 Å². The van der Waals surface area contributed by atoms with Crippen LogP contribution in [0.4, 0.5) is 0 Å². The maximum Gasteiger partial charge on any atom is 0.310 e. The van der Waals surface area contributed by atoms with Crippen molar-refractivity contribution in [2.24, 2.45) is 11.3 Å². The number of benzene rings is 2. The predicted molar refractivity (Wildman–Crippen MR) is 106 cm³/mol. The Labute approximate surface area is 161 Å². The van der Waals surface area contributed by atoms with Crippen LogP contribution in [0, 0.1) is 11.3 Å². The molecule has 1 aliphatic carbocycles. The lowest BCUT2D eigenvalue weighted by Crippen LogP contribution is -2.33. The van der Waals surface area contributed by atoms with Crippen molar-refractivity contribution in [3.8, 4) is 5.75 Å². The first-order valence-electron chi connectivity index (χ1n) is 10.2. The van der Waals surface area contributed by atoms with Crippen LogP contribution >= 0.6 is 0 Å². The van der Waals surface area contributed by atoms with Crippen molar-refractivity contribution < 1.29 is 14.6 Å². The van der Waals surface area contributed by atoms with Gasteiger partial charge >= 0.3 is 5.97 Å². The third-order valence-corrected chi connectivity index (χ3v) is 6.68. The number of hydrogen-bond acceptors (Lipinski definition) is 2. The molecular weight excluding hydrogens is 336 g/mol. The van der Waals surface area contributed by atoms with Crippen LogP contribution in [0.25, 0.3) is 0 Å². The van der Waals surface area contributed by atoms with Crippen molar-refractivity contribution in [1.82, 2.24) is 0 Å². The SMILES string of the molecule is CCC1(C(=O)O)CCCC1c1ccc2c(c1)OCC(Cc1ccccc1)C2. The molecule has 0 radical (unpaired) electrons. The van der Waals surface area contributed by atoms with Gasteiger partial charge in [-0.2, -0.15) is 0 Å². The number of carboxylic acids is 1. The van der Waals surface area contributed by atoms with Gasteiger partial charge in [-0.15, -0.1) is 0 Å². The summed E-state index contributed by atoms with van der Waals surface area (Å²) in [5, 5.41) is 9.88. The van der Waals surface area contributed by atoms with E-state index in [0.717, 1.165) is 50.0 Å². The van der Waals surface area contributed by atoms with Crippen molar-refractivity contribution in [3.63, 3.8) is 0 Å². The second-order valence-electron chi connectivity index (χ2n) is 8.20. The molecule has 0 spiro atoms. The van der Waals surface area contributed by atoms with E-state index in [-0.39, 0.29) is 5.92 Å². The van der Waals surface area contributed by atoms with E-state index < -0.39 is 11.4 Å². The molecule has 142 valence electrons. The van der Waals surface area contributed by atoms with E-state index in [1.54, 1.807) is 0 Å². The molecule has 0 aromatic heterocycles. The van der Waals surface area contributed by atoms with Gasteiger partial charge in [0.2, 0.25) is 0 Å². The topological polar surface area (TPSA) is 46.5 Å². The smallest absolute Gasteiger partial charge is 0.310 e. The fourth-order valence-electron chi connectivity index (χ4n) is 5.14. The third kappa shape index (κ3) is 3.36. The molecule has 1 N–H and O–H groups in total. The van der Waals surface area contributed by atoms with Gasteiger partial charge in [0.15, 0.2) is 0 Å². The molecule has 0 saturated heterocycles. The second-order valence-corrected chi connectivity index (χ2v) is 8.20. The summed E-state index contributed by atoms with van der Waals surface area (Å²) in [6.45, 7) is 2.74. The number of carboxylic acid groups (broad SMARTS) is 1. The van der Waals surface area contributed by atoms with Crippen LogP contribution in [0.3, 0.4) is 0 Å². The fourth-order valence-corrected chi connectivity index (χ4v) is 5.14. The van der Waals surface area contributed by atoms with Gasteiger partial charge in [0.1, 0.15) is 5.75 Å². The van der Waals surface area contributed by atoms with Gasteiger partial charge in [-0.25, -0.2) is 0 Å². The van der Waals surface area contributed by atoms with Crippen molar-refractivity contribution in [3.05, 3.63) is 65.2 Å². The predicted octanol–water partition coefficient (Wildman–Crippen LogP) is 5.23. The normalized spacial score (nSPS) is 27.0. The Morgan fingerprint density at radius 3 is 2.78 bits per heavy atom. The molecule has 2 aromatic rings. The molecular formula is C24H28O3. The Hall–Kier alpha value is -2.29. The van der Waals surface area contributed by atoms with Crippen molar-refractivity contribution in [1.29, 1.82) is 0 Å². The van der Waals surface area contributed by atoms with Crippen molar-refractivity contribution >= 4 is 5.97 Å². The lowest BCUT2D eigenvalue weighted by molar-refractivity contribution is -0.149. The average Bonchev–Trinajstić information content (AvgIpc) is 3.14. The maximum atomic E-state index is 12.0. The summed E-state index contributed by atoms with van der Waals surface area (Å²) in [6, 6.07) is 17.0. The molecule has 2 aliphatic rings. The van der Waals surface area contributed by atoms with Gasteiger partial charge in [-0.1, -0.05) is 55.8 Å². The minimum Gasteiger partial charge on any atom is -0.493 e. The summed E-state index contributed by atoms with van der Waals surface area (Å²) in [5.41, 5.74) is 3.13. The highest BCUT2D eigenvalue weighted by Crippen LogP contribution is 2.52. The monoisotopic (exact) mass is 364 g/mol. The van der Waals surface area contributed by atoms with E-state index >= 15 is 0 Å². The Morgan fingerprint density at radius 2 is 2.04 bits per heavy atom. The number of carbonyl (C=O) groups is 1. The number of ether oxygens (including phenoxy) is 1. The Kier molecular flexibility index (Phi) is 4.94. The fraction of sp³-hybridized carbons (Fsp3) is 0.458. The molecule has 0 bridgehead atoms. The maximum absolute atomic E-state index is 12.0. The first-order valence-corrected chi connectivity index (χ1v) is 10.2. The summed E-state index contributed by atoms with van der Waals surface area (Å²) in [6.07, 6.45) is 5.46. The molecule has 3 nitrogen and oxygen atoms in total. The van der Waals surface area contributed by atoms with E-state index in [2.05, 4.69) is 42.5 Å². The molecule has 0 amide bonds. The molecule has 2 aromatic carbocycles. The summed E-state index contributed by atoms with van der Waals surface area (Å²) < 4.78 is 6.12. The lowest BCUT2D eigenvalue weighted by atomic mass is 9.72. The van der Waals surface area contributed by atoms with Crippen LogP contribution < -0.4 is 4.74 Å². The quantitative estimate of drug-likeness (QED) is 0.790.